The quantitative estimate of drug-likeness (QED) is 0.215. The first kappa shape index (κ1) is 30.8. The molecule has 0 aliphatic heterocycles. The van der Waals surface area contributed by atoms with Crippen LogP contribution in [0.2, 0.25) is 5.02 Å². The number of benzene rings is 3. The van der Waals surface area contributed by atoms with Crippen LogP contribution in [0.4, 0.5) is 10.5 Å². The number of aromatic nitrogens is 4. The summed E-state index contributed by atoms with van der Waals surface area (Å²) in [4.78, 5) is 49.3. The van der Waals surface area contributed by atoms with Gasteiger partial charge >= 0.3 is 6.09 Å². The third kappa shape index (κ3) is 9.72. The molecule has 11 nitrogen and oxygen atoms in total. The average Bonchev–Trinajstić information content (AvgIpc) is 3.52. The van der Waals surface area contributed by atoms with Gasteiger partial charge in [-0.05, 0) is 71.3 Å². The Balaban J connectivity index is 1.43. The molecule has 1 aromatic heterocycles. The molecule has 2 amide bonds. The second-order valence-corrected chi connectivity index (χ2v) is 10.0. The Hall–Kier alpha value is -5.16. The maximum absolute atomic E-state index is 13.4. The van der Waals surface area contributed by atoms with Crippen LogP contribution in [0.3, 0.4) is 0 Å². The van der Waals surface area contributed by atoms with Gasteiger partial charge in [0.05, 0.1) is 11.7 Å². The molecule has 2 N–H and O–H groups in total. The number of hydrogen-bond donors (Lipinski definition) is 2. The van der Waals surface area contributed by atoms with Crippen LogP contribution in [0.1, 0.15) is 30.0 Å². The molecule has 0 radical (unpaired) electrons. The van der Waals surface area contributed by atoms with Crippen molar-refractivity contribution in [2.24, 2.45) is 0 Å². The van der Waals surface area contributed by atoms with Crippen molar-refractivity contribution < 1.29 is 23.9 Å². The maximum Gasteiger partial charge on any atom is 0.411 e. The van der Waals surface area contributed by atoms with Gasteiger partial charge in [-0.15, -0.1) is 5.10 Å². The number of nitrogens with zero attached hydrogens (tertiary/aromatic N) is 4. The Labute approximate surface area is 252 Å². The van der Waals surface area contributed by atoms with Gasteiger partial charge < -0.3 is 10.1 Å². The largest absolute Gasteiger partial charge is 0.449 e. The van der Waals surface area contributed by atoms with E-state index in [1.54, 1.807) is 48.5 Å². The van der Waals surface area contributed by atoms with Crippen molar-refractivity contribution in [1.82, 2.24) is 25.5 Å². The van der Waals surface area contributed by atoms with Crippen LogP contribution in [0, 0.1) is 0 Å². The molecule has 4 rings (SSSR count). The SMILES string of the molecule is CC(=O)CCOC(=O)Nc1ccc(CC(=O)[C@H](Cc2ccccc2)NC(=O)/C=C/c2cc(Cl)ccc2-n2cnnn2)cc1. The van der Waals surface area contributed by atoms with Gasteiger partial charge in [-0.25, -0.2) is 4.79 Å². The Bertz CT molecular complexity index is 1590. The molecule has 220 valence electrons. The van der Waals surface area contributed by atoms with Crippen molar-refractivity contribution in [1.29, 1.82) is 0 Å². The van der Waals surface area contributed by atoms with Crippen molar-refractivity contribution in [2.45, 2.75) is 32.2 Å². The summed E-state index contributed by atoms with van der Waals surface area (Å²) in [7, 11) is 0. The van der Waals surface area contributed by atoms with E-state index >= 15 is 0 Å². The summed E-state index contributed by atoms with van der Waals surface area (Å²) < 4.78 is 6.42. The third-order valence-electron chi connectivity index (χ3n) is 6.25. The van der Waals surface area contributed by atoms with Crippen molar-refractivity contribution in [2.75, 3.05) is 11.9 Å². The van der Waals surface area contributed by atoms with E-state index in [0.717, 1.165) is 5.56 Å². The second kappa shape index (κ2) is 15.2. The molecule has 0 saturated carbocycles. The zero-order valence-electron chi connectivity index (χ0n) is 23.3. The Kier molecular flexibility index (Phi) is 10.9. The highest BCUT2D eigenvalue weighted by Crippen LogP contribution is 2.20. The van der Waals surface area contributed by atoms with Crippen LogP contribution in [0.15, 0.2) is 85.2 Å². The summed E-state index contributed by atoms with van der Waals surface area (Å²) in [5, 5.41) is 17.1. The van der Waals surface area contributed by atoms with E-state index in [1.807, 2.05) is 30.3 Å². The number of carbonyl (C=O) groups excluding carboxylic acids is 4. The molecule has 12 heteroatoms. The van der Waals surface area contributed by atoms with E-state index < -0.39 is 18.0 Å². The topological polar surface area (TPSA) is 145 Å². The lowest BCUT2D eigenvalue weighted by Gasteiger charge is -2.17. The molecule has 0 fully saturated rings. The van der Waals surface area contributed by atoms with Crippen LogP contribution in [-0.2, 0) is 32.0 Å². The Morgan fingerprint density at radius 1 is 1.00 bits per heavy atom. The average molecular weight is 601 g/mol. The van der Waals surface area contributed by atoms with Gasteiger partial charge in [0.1, 0.15) is 18.7 Å². The van der Waals surface area contributed by atoms with Crippen LogP contribution in [-0.4, -0.2) is 56.4 Å². The van der Waals surface area contributed by atoms with Crippen LogP contribution in [0.5, 0.6) is 0 Å². The summed E-state index contributed by atoms with van der Waals surface area (Å²) in [6.07, 6.45) is 4.18. The molecule has 3 aromatic carbocycles. The van der Waals surface area contributed by atoms with Crippen LogP contribution >= 0.6 is 11.6 Å². The summed E-state index contributed by atoms with van der Waals surface area (Å²) in [5.41, 5.74) is 3.30. The van der Waals surface area contributed by atoms with E-state index in [-0.39, 0.29) is 31.0 Å². The lowest BCUT2D eigenvalue weighted by atomic mass is 9.97. The molecule has 1 atom stereocenters. The van der Waals surface area contributed by atoms with Crippen molar-refractivity contribution in [3.05, 3.63) is 107 Å². The highest BCUT2D eigenvalue weighted by Gasteiger charge is 2.21. The molecular weight excluding hydrogens is 572 g/mol. The summed E-state index contributed by atoms with van der Waals surface area (Å²) in [6.45, 7) is 1.42. The number of halogens is 1. The molecule has 43 heavy (non-hydrogen) atoms. The van der Waals surface area contributed by atoms with E-state index in [9.17, 15) is 19.2 Å². The minimum absolute atomic E-state index is 0.00296. The van der Waals surface area contributed by atoms with Gasteiger partial charge in [-0.2, -0.15) is 4.68 Å². The molecule has 0 saturated heterocycles. The smallest absolute Gasteiger partial charge is 0.411 e. The normalized spacial score (nSPS) is 11.6. The summed E-state index contributed by atoms with van der Waals surface area (Å²) >= 11 is 6.17. The fraction of sp³-hybridized carbons (Fsp3) is 0.194. The van der Waals surface area contributed by atoms with Gasteiger partial charge in [0, 0.05) is 35.2 Å². The number of amides is 2. The summed E-state index contributed by atoms with van der Waals surface area (Å²) in [6, 6.07) is 20.4. The maximum atomic E-state index is 13.4. The highest BCUT2D eigenvalue weighted by molar-refractivity contribution is 6.30. The molecule has 1 heterocycles. The summed E-state index contributed by atoms with van der Waals surface area (Å²) in [5.74, 6) is -0.720. The number of nitrogens with one attached hydrogen (secondary N) is 2. The number of ether oxygens (including phenoxy) is 1. The molecule has 0 aliphatic rings. The number of carbonyl (C=O) groups is 4. The standard InChI is InChI=1S/C31H29ClN6O5/c1-21(39)15-16-43-31(42)34-26-11-7-23(8-12-26)18-29(40)27(17-22-5-3-2-4-6-22)35-30(41)14-9-24-19-25(32)10-13-28(24)38-20-33-36-37-38/h2-14,19-20,27H,15-18H2,1H3,(H,34,42)(H,35,41)/b14-9+/t27-/m0/s1. The lowest BCUT2D eigenvalue weighted by Crippen LogP contribution is -2.42. The van der Waals surface area contributed by atoms with Gasteiger partial charge in [0.25, 0.3) is 0 Å². The Morgan fingerprint density at radius 3 is 2.47 bits per heavy atom. The first-order valence-corrected chi connectivity index (χ1v) is 13.7. The van der Waals surface area contributed by atoms with Crippen molar-refractivity contribution in [3.8, 4) is 5.69 Å². The van der Waals surface area contributed by atoms with Crippen molar-refractivity contribution >= 4 is 46.9 Å². The predicted octanol–water partition coefficient (Wildman–Crippen LogP) is 4.40. The van der Waals surface area contributed by atoms with E-state index in [0.29, 0.717) is 33.9 Å². The van der Waals surface area contributed by atoms with Crippen LogP contribution < -0.4 is 10.6 Å². The minimum atomic E-state index is -0.799. The fourth-order valence-electron chi connectivity index (χ4n) is 4.09. The number of tetrazole rings is 1. The fourth-order valence-corrected chi connectivity index (χ4v) is 4.27. The Morgan fingerprint density at radius 2 is 1.77 bits per heavy atom. The first-order valence-electron chi connectivity index (χ1n) is 13.4. The number of anilines is 1. The van der Waals surface area contributed by atoms with Gasteiger partial charge in [-0.3, -0.25) is 19.7 Å². The number of rotatable bonds is 13. The molecule has 0 aliphatic carbocycles. The van der Waals surface area contributed by atoms with E-state index in [1.165, 1.54) is 24.0 Å². The molecule has 0 unspecified atom stereocenters. The van der Waals surface area contributed by atoms with E-state index in [2.05, 4.69) is 26.2 Å². The number of hydrogen-bond acceptors (Lipinski definition) is 8. The van der Waals surface area contributed by atoms with Gasteiger partial charge in [0.15, 0.2) is 5.78 Å². The van der Waals surface area contributed by atoms with E-state index in [4.69, 9.17) is 16.3 Å². The van der Waals surface area contributed by atoms with Crippen molar-refractivity contribution in [3.63, 3.8) is 0 Å². The molecule has 0 spiro atoms. The molecular formula is C31H29ClN6O5. The molecule has 0 bridgehead atoms. The first-order chi connectivity index (χ1) is 20.8. The lowest BCUT2D eigenvalue weighted by molar-refractivity contribution is -0.125. The molecule has 4 aromatic rings. The number of Topliss-reactive ketones (excluding diaryl/α,β-unsaturated/α-hetero) is 2. The monoisotopic (exact) mass is 600 g/mol. The van der Waals surface area contributed by atoms with Gasteiger partial charge in [-0.1, -0.05) is 54.1 Å². The van der Waals surface area contributed by atoms with Crippen LogP contribution in [0.25, 0.3) is 11.8 Å². The zero-order chi connectivity index (χ0) is 30.6. The second-order valence-electron chi connectivity index (χ2n) is 9.59. The predicted molar refractivity (Wildman–Crippen MR) is 161 cm³/mol. The van der Waals surface area contributed by atoms with Gasteiger partial charge in [0.2, 0.25) is 5.91 Å². The zero-order valence-corrected chi connectivity index (χ0v) is 24.0. The third-order valence-corrected chi connectivity index (χ3v) is 6.49. The highest BCUT2D eigenvalue weighted by atomic mass is 35.5. The minimum Gasteiger partial charge on any atom is -0.449 e. The number of ketones is 2.